The van der Waals surface area contributed by atoms with Gasteiger partial charge in [-0.1, -0.05) is 0 Å². The number of rotatable bonds is 0. The summed E-state index contributed by atoms with van der Waals surface area (Å²) in [5, 5.41) is 3.52. The standard InChI is InChI=1S/C6H4FN3.CH4O3S/c7-5-1-2-6-8-3-4-10(6)9-5;1-5(2,3)4/h1-4H;1H3,(H,2,3,4). The van der Waals surface area contributed by atoms with Crippen LogP contribution in [0.15, 0.2) is 24.5 Å². The van der Waals surface area contributed by atoms with Crippen LogP contribution in [0.1, 0.15) is 0 Å². The molecule has 2 aromatic heterocycles. The van der Waals surface area contributed by atoms with Crippen LogP contribution in [0.2, 0.25) is 0 Å². The van der Waals surface area contributed by atoms with Crippen LogP contribution in [0.4, 0.5) is 4.39 Å². The number of halogens is 1. The lowest BCUT2D eigenvalue weighted by molar-refractivity contribution is 0.490. The van der Waals surface area contributed by atoms with Crippen LogP contribution in [-0.4, -0.2) is 33.8 Å². The van der Waals surface area contributed by atoms with E-state index < -0.39 is 16.1 Å². The van der Waals surface area contributed by atoms with E-state index in [1.807, 2.05) is 0 Å². The van der Waals surface area contributed by atoms with E-state index in [1.54, 1.807) is 18.5 Å². The summed E-state index contributed by atoms with van der Waals surface area (Å²) in [5.41, 5.74) is 0.654. The third-order valence-corrected chi connectivity index (χ3v) is 1.22. The van der Waals surface area contributed by atoms with E-state index in [9.17, 15) is 12.8 Å². The molecule has 0 radical (unpaired) electrons. The molecule has 2 aromatic rings. The van der Waals surface area contributed by atoms with Crippen LogP contribution in [0.3, 0.4) is 0 Å². The molecule has 6 nitrogen and oxygen atoms in total. The molecule has 0 atom stereocenters. The number of imidazole rings is 1. The SMILES string of the molecule is CS(=O)(=O)O.Fc1ccc2nccn2n1. The fourth-order valence-corrected chi connectivity index (χ4v) is 0.792. The van der Waals surface area contributed by atoms with Crippen LogP contribution < -0.4 is 0 Å². The van der Waals surface area contributed by atoms with E-state index in [1.165, 1.54) is 10.6 Å². The van der Waals surface area contributed by atoms with Gasteiger partial charge in [0.05, 0.1) is 6.26 Å². The first-order chi connectivity index (χ1) is 6.86. The maximum atomic E-state index is 12.4. The van der Waals surface area contributed by atoms with Crippen LogP contribution >= 0.6 is 0 Å². The Morgan fingerprint density at radius 2 is 2.07 bits per heavy atom. The lowest BCUT2D eigenvalue weighted by Crippen LogP contribution is -1.92. The summed E-state index contributed by atoms with van der Waals surface area (Å²) in [6, 6.07) is 2.85. The summed E-state index contributed by atoms with van der Waals surface area (Å²) < 4.78 is 39.6. The second-order valence-corrected chi connectivity index (χ2v) is 4.09. The molecule has 1 N–H and O–H groups in total. The minimum atomic E-state index is -3.67. The minimum Gasteiger partial charge on any atom is -0.286 e. The summed E-state index contributed by atoms with van der Waals surface area (Å²) >= 11 is 0. The molecule has 0 aliphatic rings. The first-order valence-electron chi connectivity index (χ1n) is 3.74. The van der Waals surface area contributed by atoms with Gasteiger partial charge in [-0.05, 0) is 12.1 Å². The highest BCUT2D eigenvalue weighted by atomic mass is 32.2. The lowest BCUT2D eigenvalue weighted by Gasteiger charge is -1.88. The molecule has 0 aliphatic heterocycles. The van der Waals surface area contributed by atoms with Gasteiger partial charge >= 0.3 is 0 Å². The first-order valence-corrected chi connectivity index (χ1v) is 5.59. The van der Waals surface area contributed by atoms with Crippen LogP contribution in [0.25, 0.3) is 5.65 Å². The van der Waals surface area contributed by atoms with Crippen LogP contribution in [0, 0.1) is 5.95 Å². The van der Waals surface area contributed by atoms with E-state index in [4.69, 9.17) is 4.55 Å². The zero-order chi connectivity index (χ0) is 11.5. The predicted octanol–water partition coefficient (Wildman–Crippen LogP) is 0.372. The molecule has 0 amide bonds. The quantitative estimate of drug-likeness (QED) is 0.664. The lowest BCUT2D eigenvalue weighted by atomic mass is 10.5. The summed E-state index contributed by atoms with van der Waals surface area (Å²) in [6.07, 6.45) is 3.88. The normalized spacial score (nSPS) is 10.9. The fourth-order valence-electron chi connectivity index (χ4n) is 0.792. The van der Waals surface area contributed by atoms with Gasteiger partial charge in [0, 0.05) is 12.4 Å². The van der Waals surface area contributed by atoms with Gasteiger partial charge in [-0.2, -0.15) is 12.8 Å². The van der Waals surface area contributed by atoms with Gasteiger partial charge in [0.2, 0.25) is 5.95 Å². The monoisotopic (exact) mass is 233 g/mol. The number of aromatic nitrogens is 3. The summed E-state index contributed by atoms with van der Waals surface area (Å²) in [4.78, 5) is 3.89. The molecule has 0 aromatic carbocycles. The first kappa shape index (κ1) is 11.5. The predicted molar refractivity (Wildman–Crippen MR) is 50.4 cm³/mol. The Morgan fingerprint density at radius 3 is 2.67 bits per heavy atom. The third-order valence-electron chi connectivity index (χ3n) is 1.22. The van der Waals surface area contributed by atoms with Crippen molar-refractivity contribution in [2.45, 2.75) is 0 Å². The average Bonchev–Trinajstić information content (AvgIpc) is 2.47. The van der Waals surface area contributed by atoms with E-state index in [0.29, 0.717) is 11.9 Å². The van der Waals surface area contributed by atoms with Crippen molar-refractivity contribution in [3.63, 3.8) is 0 Å². The van der Waals surface area contributed by atoms with E-state index in [2.05, 4.69) is 10.1 Å². The van der Waals surface area contributed by atoms with E-state index >= 15 is 0 Å². The van der Waals surface area contributed by atoms with Crippen LogP contribution in [-0.2, 0) is 10.1 Å². The second kappa shape index (κ2) is 4.32. The Kier molecular flexibility index (Phi) is 3.32. The van der Waals surface area contributed by atoms with Gasteiger partial charge in [0.1, 0.15) is 0 Å². The van der Waals surface area contributed by atoms with Crippen molar-refractivity contribution in [3.05, 3.63) is 30.5 Å². The summed E-state index contributed by atoms with van der Waals surface area (Å²) in [5.74, 6) is -0.495. The third kappa shape index (κ3) is 4.47. The Hall–Kier alpha value is -1.54. The molecule has 82 valence electrons. The van der Waals surface area contributed by atoms with Gasteiger partial charge in [0.25, 0.3) is 10.1 Å². The highest BCUT2D eigenvalue weighted by molar-refractivity contribution is 7.85. The van der Waals surface area contributed by atoms with Crippen molar-refractivity contribution in [1.29, 1.82) is 0 Å². The molecule has 0 unspecified atom stereocenters. The van der Waals surface area contributed by atoms with Crippen molar-refractivity contribution >= 4 is 15.8 Å². The Labute approximate surface area is 85.1 Å². The van der Waals surface area contributed by atoms with Gasteiger partial charge in [-0.25, -0.2) is 9.50 Å². The number of fused-ring (bicyclic) bond motifs is 1. The average molecular weight is 233 g/mol. The number of hydrogen-bond acceptors (Lipinski definition) is 4. The molecule has 8 heteroatoms. The van der Waals surface area contributed by atoms with Gasteiger partial charge < -0.3 is 0 Å². The molecule has 0 bridgehead atoms. The van der Waals surface area contributed by atoms with E-state index in [-0.39, 0.29) is 0 Å². The zero-order valence-corrected chi connectivity index (χ0v) is 8.52. The van der Waals surface area contributed by atoms with Crippen molar-refractivity contribution in [2.75, 3.05) is 6.26 Å². The molecule has 0 spiro atoms. The Bertz CT molecular complexity index is 543. The van der Waals surface area contributed by atoms with E-state index in [0.717, 1.165) is 0 Å². The largest absolute Gasteiger partial charge is 0.286 e. The summed E-state index contributed by atoms with van der Waals surface area (Å²) in [7, 11) is -3.67. The fraction of sp³-hybridized carbons (Fsp3) is 0.143. The highest BCUT2D eigenvalue weighted by Crippen LogP contribution is 1.97. The minimum absolute atomic E-state index is 0.495. The zero-order valence-electron chi connectivity index (χ0n) is 7.70. The second-order valence-electron chi connectivity index (χ2n) is 2.62. The molecule has 0 saturated carbocycles. The topological polar surface area (TPSA) is 84.6 Å². The van der Waals surface area contributed by atoms with Crippen molar-refractivity contribution in [3.8, 4) is 0 Å². The maximum absolute atomic E-state index is 12.4. The molecule has 0 aliphatic carbocycles. The number of hydrogen-bond donors (Lipinski definition) is 1. The number of nitrogens with zero attached hydrogens (tertiary/aromatic N) is 3. The molecule has 2 rings (SSSR count). The molecule has 15 heavy (non-hydrogen) atoms. The van der Waals surface area contributed by atoms with Crippen molar-refractivity contribution in [1.82, 2.24) is 14.6 Å². The molecule has 0 saturated heterocycles. The Morgan fingerprint density at radius 1 is 1.47 bits per heavy atom. The van der Waals surface area contributed by atoms with Gasteiger partial charge in [-0.3, -0.25) is 4.55 Å². The van der Waals surface area contributed by atoms with Gasteiger partial charge in [0.15, 0.2) is 5.65 Å². The summed E-state index contributed by atoms with van der Waals surface area (Å²) in [6.45, 7) is 0. The molecular weight excluding hydrogens is 225 g/mol. The van der Waals surface area contributed by atoms with Gasteiger partial charge in [-0.15, -0.1) is 5.10 Å². The smallest absolute Gasteiger partial charge is 0.261 e. The van der Waals surface area contributed by atoms with Crippen LogP contribution in [0.5, 0.6) is 0 Å². The Balaban J connectivity index is 0.000000195. The molecule has 2 heterocycles. The molecular formula is C7H8FN3O3S. The maximum Gasteiger partial charge on any atom is 0.261 e. The highest BCUT2D eigenvalue weighted by Gasteiger charge is 1.94. The van der Waals surface area contributed by atoms with Crippen molar-refractivity contribution < 1.29 is 17.4 Å². The molecule has 0 fully saturated rings. The van der Waals surface area contributed by atoms with Crippen molar-refractivity contribution in [2.24, 2.45) is 0 Å².